The fraction of sp³-hybridized carbons (Fsp3) is 0.429. The van der Waals surface area contributed by atoms with Crippen LogP contribution in [0.2, 0.25) is 0 Å². The molecule has 0 aromatic heterocycles. The number of hydrogen-bond donors (Lipinski definition) is 1. The fourth-order valence-corrected chi connectivity index (χ4v) is 3.78. The van der Waals surface area contributed by atoms with Crippen molar-refractivity contribution >= 4 is 0 Å². The van der Waals surface area contributed by atoms with Crippen molar-refractivity contribution in [3.8, 4) is 0 Å². The topological polar surface area (TPSA) is 51.2 Å². The molecule has 2 unspecified atom stereocenters. The molecule has 0 radical (unpaired) electrons. The molecule has 2 heterocycles. The van der Waals surface area contributed by atoms with Gasteiger partial charge < -0.3 is 19.3 Å². The zero-order valence-corrected chi connectivity index (χ0v) is 14.8. The van der Waals surface area contributed by atoms with Crippen molar-refractivity contribution in [1.29, 1.82) is 0 Å². The predicted octanol–water partition coefficient (Wildman–Crippen LogP) is 2.88. The minimum atomic E-state index is -0.309. The molecule has 0 amide bonds. The summed E-state index contributed by atoms with van der Waals surface area (Å²) >= 11 is 0. The van der Waals surface area contributed by atoms with Crippen LogP contribution in [0.5, 0.6) is 0 Å². The third-order valence-corrected chi connectivity index (χ3v) is 5.06. The van der Waals surface area contributed by atoms with Gasteiger partial charge in [-0.25, -0.2) is 4.90 Å². The summed E-state index contributed by atoms with van der Waals surface area (Å²) in [4.78, 5) is 2.32. The van der Waals surface area contributed by atoms with Crippen molar-refractivity contribution in [3.05, 3.63) is 71.8 Å². The molecule has 138 valence electrons. The second kappa shape index (κ2) is 7.86. The minimum Gasteiger partial charge on any atom is -0.396 e. The van der Waals surface area contributed by atoms with E-state index in [1.54, 1.807) is 0 Å². The van der Waals surface area contributed by atoms with E-state index in [4.69, 9.17) is 19.3 Å². The van der Waals surface area contributed by atoms with Gasteiger partial charge in [-0.1, -0.05) is 60.7 Å². The van der Waals surface area contributed by atoms with E-state index < -0.39 is 0 Å². The first-order chi connectivity index (χ1) is 12.8. The van der Waals surface area contributed by atoms with E-state index in [1.807, 2.05) is 36.4 Å². The summed E-state index contributed by atoms with van der Waals surface area (Å²) < 4.78 is 18.3. The minimum absolute atomic E-state index is 0.142. The second-order valence-corrected chi connectivity index (χ2v) is 6.91. The molecule has 0 aliphatic carbocycles. The molecule has 1 N–H and O–H groups in total. The molecule has 26 heavy (non-hydrogen) atoms. The largest absolute Gasteiger partial charge is 0.396 e. The Morgan fingerprint density at radius 1 is 0.923 bits per heavy atom. The molecule has 5 nitrogen and oxygen atoms in total. The van der Waals surface area contributed by atoms with E-state index in [-0.39, 0.29) is 24.6 Å². The van der Waals surface area contributed by atoms with E-state index in [1.165, 1.54) is 0 Å². The standard InChI is InChI=1S/C21H25NO4/c23-12-7-13-24-14-21-15-25-19(17-8-3-1-4-9-17)22(21)20(26-16-21)18-10-5-2-6-11-18/h1-6,8-11,19-20,23H,7,12-16H2. The van der Waals surface area contributed by atoms with Crippen LogP contribution >= 0.6 is 0 Å². The van der Waals surface area contributed by atoms with Gasteiger partial charge in [-0.3, -0.25) is 0 Å². The highest BCUT2D eigenvalue weighted by atomic mass is 16.6. The van der Waals surface area contributed by atoms with Crippen LogP contribution < -0.4 is 0 Å². The number of hydrogen-bond acceptors (Lipinski definition) is 5. The van der Waals surface area contributed by atoms with Crippen LogP contribution in [0.4, 0.5) is 0 Å². The van der Waals surface area contributed by atoms with E-state index in [0.29, 0.717) is 32.8 Å². The van der Waals surface area contributed by atoms with E-state index in [0.717, 1.165) is 11.1 Å². The smallest absolute Gasteiger partial charge is 0.139 e. The third-order valence-electron chi connectivity index (χ3n) is 5.06. The molecule has 0 saturated carbocycles. The molecule has 5 heteroatoms. The maximum absolute atomic E-state index is 8.99. The Morgan fingerprint density at radius 2 is 1.46 bits per heavy atom. The zero-order valence-electron chi connectivity index (χ0n) is 14.8. The molecule has 2 saturated heterocycles. The number of benzene rings is 2. The lowest BCUT2D eigenvalue weighted by atomic mass is 10.0. The highest BCUT2D eigenvalue weighted by Gasteiger charge is 2.56. The molecule has 4 rings (SSSR count). The van der Waals surface area contributed by atoms with Crippen LogP contribution in [0.25, 0.3) is 0 Å². The van der Waals surface area contributed by atoms with Crippen molar-refractivity contribution in [2.75, 3.05) is 33.0 Å². The predicted molar refractivity (Wildman–Crippen MR) is 97.4 cm³/mol. The van der Waals surface area contributed by atoms with Gasteiger partial charge in [0.05, 0.1) is 25.4 Å². The Labute approximate surface area is 154 Å². The van der Waals surface area contributed by atoms with E-state index in [2.05, 4.69) is 29.2 Å². The summed E-state index contributed by atoms with van der Waals surface area (Å²) in [6.45, 7) is 2.34. The van der Waals surface area contributed by atoms with Gasteiger partial charge in [0, 0.05) is 13.2 Å². The van der Waals surface area contributed by atoms with Crippen molar-refractivity contribution in [2.45, 2.75) is 24.4 Å². The Hall–Kier alpha value is -1.76. The molecule has 2 aliphatic rings. The molecule has 2 aliphatic heterocycles. The Morgan fingerprint density at radius 3 is 1.96 bits per heavy atom. The number of aliphatic hydroxyl groups excluding tert-OH is 1. The SMILES string of the molecule is OCCCOCC12COC(c3ccccc3)N1C(c1ccccc1)OC2. The Balaban J connectivity index is 1.62. The van der Waals surface area contributed by atoms with Gasteiger partial charge in [-0.05, 0) is 17.5 Å². The van der Waals surface area contributed by atoms with Gasteiger partial charge in [0.1, 0.15) is 12.5 Å². The van der Waals surface area contributed by atoms with E-state index in [9.17, 15) is 0 Å². The summed E-state index contributed by atoms with van der Waals surface area (Å²) in [6.07, 6.45) is 0.317. The highest BCUT2D eigenvalue weighted by molar-refractivity contribution is 5.25. The average molecular weight is 355 g/mol. The van der Waals surface area contributed by atoms with Gasteiger partial charge in [0.15, 0.2) is 0 Å². The summed E-state index contributed by atoms with van der Waals surface area (Å²) in [7, 11) is 0. The normalized spacial score (nSPS) is 28.3. The number of rotatable bonds is 7. The number of nitrogens with zero attached hydrogens (tertiary/aromatic N) is 1. The van der Waals surface area contributed by atoms with Crippen LogP contribution in [0.15, 0.2) is 60.7 Å². The van der Waals surface area contributed by atoms with Gasteiger partial charge >= 0.3 is 0 Å². The van der Waals surface area contributed by atoms with Crippen molar-refractivity contribution < 1.29 is 19.3 Å². The maximum Gasteiger partial charge on any atom is 0.139 e. The number of aliphatic hydroxyl groups is 1. The fourth-order valence-electron chi connectivity index (χ4n) is 3.78. The highest BCUT2D eigenvalue weighted by Crippen LogP contribution is 2.48. The first-order valence-electron chi connectivity index (χ1n) is 9.14. The molecule has 0 spiro atoms. The zero-order chi connectivity index (χ0) is 17.8. The van der Waals surface area contributed by atoms with Crippen LogP contribution in [-0.2, 0) is 14.2 Å². The van der Waals surface area contributed by atoms with Gasteiger partial charge in [-0.2, -0.15) is 0 Å². The lowest BCUT2D eigenvalue weighted by Crippen LogP contribution is -2.48. The summed E-state index contributed by atoms with van der Waals surface area (Å²) in [5, 5.41) is 8.99. The summed E-state index contributed by atoms with van der Waals surface area (Å²) in [6, 6.07) is 20.5. The average Bonchev–Trinajstić information content (AvgIpc) is 3.24. The van der Waals surface area contributed by atoms with Crippen LogP contribution in [-0.4, -0.2) is 48.6 Å². The Kier molecular flexibility index (Phi) is 5.33. The van der Waals surface area contributed by atoms with Crippen molar-refractivity contribution in [2.24, 2.45) is 0 Å². The Bertz CT molecular complexity index is 642. The van der Waals surface area contributed by atoms with Gasteiger partial charge in [0.2, 0.25) is 0 Å². The van der Waals surface area contributed by atoms with Crippen LogP contribution in [0.1, 0.15) is 30.0 Å². The lowest BCUT2D eigenvalue weighted by molar-refractivity contribution is -0.0642. The number of ether oxygens (including phenoxy) is 3. The first kappa shape index (κ1) is 17.6. The number of fused-ring (bicyclic) bond motifs is 1. The quantitative estimate of drug-likeness (QED) is 0.774. The molecule has 0 bridgehead atoms. The van der Waals surface area contributed by atoms with Crippen LogP contribution in [0.3, 0.4) is 0 Å². The van der Waals surface area contributed by atoms with Gasteiger partial charge in [-0.15, -0.1) is 0 Å². The molecular formula is C21H25NO4. The molecule has 2 fully saturated rings. The second-order valence-electron chi connectivity index (χ2n) is 6.91. The van der Waals surface area contributed by atoms with E-state index >= 15 is 0 Å². The van der Waals surface area contributed by atoms with Crippen LogP contribution in [0, 0.1) is 0 Å². The first-order valence-corrected chi connectivity index (χ1v) is 9.14. The van der Waals surface area contributed by atoms with Crippen molar-refractivity contribution in [1.82, 2.24) is 4.90 Å². The monoisotopic (exact) mass is 355 g/mol. The molecule has 2 atom stereocenters. The van der Waals surface area contributed by atoms with Gasteiger partial charge in [0.25, 0.3) is 0 Å². The molecule has 2 aromatic carbocycles. The molecular weight excluding hydrogens is 330 g/mol. The molecule has 2 aromatic rings. The lowest BCUT2D eigenvalue weighted by Gasteiger charge is -2.34. The summed E-state index contributed by atoms with van der Waals surface area (Å²) in [5.41, 5.74) is 1.93. The van der Waals surface area contributed by atoms with Crippen molar-refractivity contribution in [3.63, 3.8) is 0 Å². The summed E-state index contributed by atoms with van der Waals surface area (Å²) in [5.74, 6) is 0. The maximum atomic E-state index is 8.99. The third kappa shape index (κ3) is 3.29.